The predicted octanol–water partition coefficient (Wildman–Crippen LogP) is 1.32. The fraction of sp³-hybridized carbons (Fsp3) is 0.700. The van der Waals surface area contributed by atoms with E-state index in [2.05, 4.69) is 10.5 Å². The minimum absolute atomic E-state index is 0.311. The second kappa shape index (κ2) is 7.53. The van der Waals surface area contributed by atoms with Crippen LogP contribution in [-0.4, -0.2) is 23.4 Å². The van der Waals surface area contributed by atoms with Gasteiger partial charge in [-0.2, -0.15) is 0 Å². The van der Waals surface area contributed by atoms with Gasteiger partial charge in [0.1, 0.15) is 5.76 Å². The molecule has 0 aliphatic heterocycles. The number of hydrogen-bond donors (Lipinski definition) is 2. The lowest BCUT2D eigenvalue weighted by Gasteiger charge is -2.01. The van der Waals surface area contributed by atoms with Gasteiger partial charge in [0.15, 0.2) is 0 Å². The Morgan fingerprint density at radius 1 is 1.29 bits per heavy atom. The standard InChI is InChI=1S/C10H18N2O2/c13-8-4-2-1-3-6-11-9-10-5-7-12-14-10/h5,7,11,13H,1-4,6,8-9H2. The van der Waals surface area contributed by atoms with Crippen LogP contribution in [-0.2, 0) is 6.54 Å². The molecule has 1 heterocycles. The molecule has 1 aromatic heterocycles. The Morgan fingerprint density at radius 3 is 2.86 bits per heavy atom. The fourth-order valence-electron chi connectivity index (χ4n) is 1.26. The third kappa shape index (κ3) is 4.99. The van der Waals surface area contributed by atoms with Crippen molar-refractivity contribution in [3.63, 3.8) is 0 Å². The van der Waals surface area contributed by atoms with Gasteiger partial charge < -0.3 is 14.9 Å². The molecule has 0 bridgehead atoms. The lowest BCUT2D eigenvalue weighted by molar-refractivity contribution is 0.282. The van der Waals surface area contributed by atoms with E-state index < -0.39 is 0 Å². The van der Waals surface area contributed by atoms with Gasteiger partial charge in [-0.05, 0) is 19.4 Å². The Hall–Kier alpha value is -0.870. The van der Waals surface area contributed by atoms with E-state index in [1.165, 1.54) is 6.42 Å². The average molecular weight is 198 g/mol. The number of rotatable bonds is 8. The molecule has 0 saturated carbocycles. The largest absolute Gasteiger partial charge is 0.396 e. The minimum atomic E-state index is 0.311. The van der Waals surface area contributed by atoms with E-state index in [1.54, 1.807) is 6.20 Å². The Morgan fingerprint density at radius 2 is 2.14 bits per heavy atom. The first kappa shape index (κ1) is 11.2. The number of aliphatic hydroxyl groups excluding tert-OH is 1. The highest BCUT2D eigenvalue weighted by atomic mass is 16.5. The van der Waals surface area contributed by atoms with Crippen LogP contribution in [0.3, 0.4) is 0 Å². The van der Waals surface area contributed by atoms with E-state index in [9.17, 15) is 0 Å². The van der Waals surface area contributed by atoms with E-state index in [1.807, 2.05) is 6.07 Å². The summed E-state index contributed by atoms with van der Waals surface area (Å²) in [6, 6.07) is 1.86. The molecule has 0 saturated heterocycles. The Kier molecular flexibility index (Phi) is 6.02. The Bertz CT molecular complexity index is 212. The summed E-state index contributed by atoms with van der Waals surface area (Å²) >= 11 is 0. The first-order valence-electron chi connectivity index (χ1n) is 5.14. The van der Waals surface area contributed by atoms with Crippen molar-refractivity contribution in [2.75, 3.05) is 13.2 Å². The second-order valence-electron chi connectivity index (χ2n) is 3.29. The van der Waals surface area contributed by atoms with E-state index in [4.69, 9.17) is 9.63 Å². The normalized spacial score (nSPS) is 10.6. The highest BCUT2D eigenvalue weighted by Crippen LogP contribution is 1.99. The molecule has 14 heavy (non-hydrogen) atoms. The van der Waals surface area contributed by atoms with Crippen LogP contribution in [0.1, 0.15) is 31.4 Å². The van der Waals surface area contributed by atoms with Crippen LogP contribution in [0.15, 0.2) is 16.8 Å². The topological polar surface area (TPSA) is 58.3 Å². The van der Waals surface area contributed by atoms with Crippen molar-refractivity contribution in [1.29, 1.82) is 0 Å². The first-order chi connectivity index (χ1) is 6.93. The zero-order chi connectivity index (χ0) is 10.1. The van der Waals surface area contributed by atoms with Crippen LogP contribution in [0, 0.1) is 0 Å². The summed E-state index contributed by atoms with van der Waals surface area (Å²) in [4.78, 5) is 0. The first-order valence-corrected chi connectivity index (χ1v) is 5.14. The van der Waals surface area contributed by atoms with Gasteiger partial charge in [0.05, 0.1) is 12.7 Å². The van der Waals surface area contributed by atoms with Gasteiger partial charge >= 0.3 is 0 Å². The second-order valence-corrected chi connectivity index (χ2v) is 3.29. The highest BCUT2D eigenvalue weighted by Gasteiger charge is 1.95. The zero-order valence-electron chi connectivity index (χ0n) is 8.41. The molecule has 0 aliphatic rings. The summed E-state index contributed by atoms with van der Waals surface area (Å²) in [5.74, 6) is 0.875. The number of aromatic nitrogens is 1. The van der Waals surface area contributed by atoms with Gasteiger partial charge in [0.2, 0.25) is 0 Å². The van der Waals surface area contributed by atoms with Crippen LogP contribution in [0.5, 0.6) is 0 Å². The summed E-state index contributed by atoms with van der Waals surface area (Å²) in [5.41, 5.74) is 0. The monoisotopic (exact) mass is 198 g/mol. The predicted molar refractivity (Wildman–Crippen MR) is 53.8 cm³/mol. The van der Waals surface area contributed by atoms with Gasteiger partial charge in [-0.15, -0.1) is 0 Å². The molecular weight excluding hydrogens is 180 g/mol. The number of hydrogen-bond acceptors (Lipinski definition) is 4. The number of aliphatic hydroxyl groups is 1. The third-order valence-electron chi connectivity index (χ3n) is 2.05. The maximum absolute atomic E-state index is 8.56. The summed E-state index contributed by atoms with van der Waals surface area (Å²) in [5, 5.41) is 15.4. The quantitative estimate of drug-likeness (QED) is 0.618. The van der Waals surface area contributed by atoms with Crippen LogP contribution in [0.25, 0.3) is 0 Å². The van der Waals surface area contributed by atoms with Crippen molar-refractivity contribution in [3.05, 3.63) is 18.0 Å². The molecule has 0 radical (unpaired) electrons. The van der Waals surface area contributed by atoms with Gasteiger partial charge in [0.25, 0.3) is 0 Å². The van der Waals surface area contributed by atoms with Crippen LogP contribution < -0.4 is 5.32 Å². The molecule has 0 amide bonds. The van der Waals surface area contributed by atoms with Gasteiger partial charge in [-0.25, -0.2) is 0 Å². The summed E-state index contributed by atoms with van der Waals surface area (Å²) in [6.07, 6.45) is 6.00. The molecule has 0 spiro atoms. The maximum Gasteiger partial charge on any atom is 0.150 e. The lowest BCUT2D eigenvalue weighted by atomic mass is 10.2. The molecule has 0 atom stereocenters. The number of nitrogens with zero attached hydrogens (tertiary/aromatic N) is 1. The van der Waals surface area contributed by atoms with Gasteiger partial charge in [0, 0.05) is 12.7 Å². The molecule has 4 heteroatoms. The molecule has 0 aliphatic carbocycles. The summed E-state index contributed by atoms with van der Waals surface area (Å²) in [7, 11) is 0. The smallest absolute Gasteiger partial charge is 0.150 e. The Balaban J connectivity index is 1.85. The van der Waals surface area contributed by atoms with E-state index >= 15 is 0 Å². The number of nitrogens with one attached hydrogen (secondary N) is 1. The summed E-state index contributed by atoms with van der Waals surface area (Å²) in [6.45, 7) is 2.05. The van der Waals surface area contributed by atoms with Crippen LogP contribution in [0.2, 0.25) is 0 Å². The molecule has 0 unspecified atom stereocenters. The van der Waals surface area contributed by atoms with E-state index in [0.717, 1.165) is 38.1 Å². The van der Waals surface area contributed by atoms with Crippen molar-refractivity contribution in [3.8, 4) is 0 Å². The molecule has 4 nitrogen and oxygen atoms in total. The molecular formula is C10H18N2O2. The fourth-order valence-corrected chi connectivity index (χ4v) is 1.26. The van der Waals surface area contributed by atoms with Crippen molar-refractivity contribution >= 4 is 0 Å². The Labute approximate surface area is 84.3 Å². The zero-order valence-corrected chi connectivity index (χ0v) is 8.41. The third-order valence-corrected chi connectivity index (χ3v) is 2.05. The molecule has 2 N–H and O–H groups in total. The van der Waals surface area contributed by atoms with Crippen molar-refractivity contribution in [1.82, 2.24) is 10.5 Å². The molecule has 0 fully saturated rings. The molecule has 1 rings (SSSR count). The van der Waals surface area contributed by atoms with Crippen molar-refractivity contribution in [2.24, 2.45) is 0 Å². The van der Waals surface area contributed by atoms with Crippen LogP contribution >= 0.6 is 0 Å². The van der Waals surface area contributed by atoms with E-state index in [0.29, 0.717) is 6.61 Å². The van der Waals surface area contributed by atoms with Crippen LogP contribution in [0.4, 0.5) is 0 Å². The lowest BCUT2D eigenvalue weighted by Crippen LogP contribution is -2.14. The van der Waals surface area contributed by atoms with Gasteiger partial charge in [-0.3, -0.25) is 0 Å². The van der Waals surface area contributed by atoms with E-state index in [-0.39, 0.29) is 0 Å². The molecule has 80 valence electrons. The SMILES string of the molecule is OCCCCCCNCc1ccno1. The van der Waals surface area contributed by atoms with Crippen molar-refractivity contribution < 1.29 is 9.63 Å². The summed E-state index contributed by atoms with van der Waals surface area (Å²) < 4.78 is 4.93. The molecule has 1 aromatic rings. The maximum atomic E-state index is 8.56. The molecule has 0 aromatic carbocycles. The average Bonchev–Trinajstić information content (AvgIpc) is 2.69. The van der Waals surface area contributed by atoms with Crippen molar-refractivity contribution in [2.45, 2.75) is 32.2 Å². The minimum Gasteiger partial charge on any atom is -0.396 e. The number of unbranched alkanes of at least 4 members (excludes halogenated alkanes) is 3. The van der Waals surface area contributed by atoms with Gasteiger partial charge in [-0.1, -0.05) is 18.0 Å². The highest BCUT2D eigenvalue weighted by molar-refractivity contribution is 4.91.